The zero-order valence-electron chi connectivity index (χ0n) is 11.8. The Bertz CT molecular complexity index is 264. The molecule has 0 spiro atoms. The topological polar surface area (TPSA) is 41.1 Å². The summed E-state index contributed by atoms with van der Waals surface area (Å²) in [6, 6.07) is 0.432. The summed E-state index contributed by atoms with van der Waals surface area (Å²) in [5.41, 5.74) is -0.123. The maximum atomic E-state index is 12.5. The minimum atomic E-state index is -0.123. The highest BCUT2D eigenvalue weighted by molar-refractivity contribution is 5.83. The van der Waals surface area contributed by atoms with Crippen LogP contribution in [0.2, 0.25) is 0 Å². The van der Waals surface area contributed by atoms with E-state index in [2.05, 4.69) is 17.6 Å². The summed E-state index contributed by atoms with van der Waals surface area (Å²) in [6.45, 7) is 4.00. The van der Waals surface area contributed by atoms with Crippen LogP contribution in [0.5, 0.6) is 0 Å². The minimum Gasteiger partial charge on any atom is -0.353 e. The molecule has 1 heterocycles. The van der Waals surface area contributed by atoms with Crippen LogP contribution < -0.4 is 10.6 Å². The maximum absolute atomic E-state index is 12.5. The van der Waals surface area contributed by atoms with Crippen molar-refractivity contribution < 1.29 is 4.79 Å². The van der Waals surface area contributed by atoms with E-state index in [-0.39, 0.29) is 5.41 Å². The molecule has 1 aliphatic heterocycles. The van der Waals surface area contributed by atoms with Crippen LogP contribution in [0.3, 0.4) is 0 Å². The number of rotatable bonds is 3. The Labute approximate surface area is 111 Å². The smallest absolute Gasteiger partial charge is 0.227 e. The van der Waals surface area contributed by atoms with Crippen molar-refractivity contribution in [2.45, 2.75) is 70.8 Å². The van der Waals surface area contributed by atoms with E-state index in [1.54, 1.807) is 0 Å². The molecular weight excluding hydrogens is 224 g/mol. The van der Waals surface area contributed by atoms with Gasteiger partial charge in [-0.15, -0.1) is 0 Å². The average molecular weight is 252 g/mol. The lowest BCUT2D eigenvalue weighted by atomic mass is 9.82. The van der Waals surface area contributed by atoms with Crippen LogP contribution in [-0.2, 0) is 4.79 Å². The largest absolute Gasteiger partial charge is 0.353 e. The lowest BCUT2D eigenvalue weighted by Crippen LogP contribution is -2.46. The van der Waals surface area contributed by atoms with E-state index in [1.807, 2.05) is 0 Å². The molecule has 18 heavy (non-hydrogen) atoms. The van der Waals surface area contributed by atoms with Crippen LogP contribution in [0.1, 0.15) is 64.7 Å². The maximum Gasteiger partial charge on any atom is 0.227 e. The Balaban J connectivity index is 1.88. The first-order chi connectivity index (χ1) is 8.77. The second kappa shape index (κ2) is 6.55. The molecule has 3 nitrogen and oxygen atoms in total. The molecule has 0 radical (unpaired) electrons. The molecule has 1 saturated heterocycles. The molecular formula is C15H28N2O. The molecule has 1 amide bonds. The molecule has 2 rings (SSSR count). The van der Waals surface area contributed by atoms with Gasteiger partial charge in [0.1, 0.15) is 0 Å². The van der Waals surface area contributed by atoms with E-state index < -0.39 is 0 Å². The fourth-order valence-corrected chi connectivity index (χ4v) is 3.34. The van der Waals surface area contributed by atoms with Crippen molar-refractivity contribution in [1.82, 2.24) is 10.6 Å². The molecule has 2 aliphatic rings. The molecule has 2 fully saturated rings. The van der Waals surface area contributed by atoms with Crippen molar-refractivity contribution in [2.24, 2.45) is 5.41 Å². The predicted octanol–water partition coefficient (Wildman–Crippen LogP) is 2.61. The first-order valence-electron chi connectivity index (χ1n) is 7.78. The monoisotopic (exact) mass is 252 g/mol. The van der Waals surface area contributed by atoms with Crippen LogP contribution in [-0.4, -0.2) is 25.0 Å². The summed E-state index contributed by atoms with van der Waals surface area (Å²) in [5, 5.41) is 6.69. The van der Waals surface area contributed by atoms with Gasteiger partial charge in [0.15, 0.2) is 0 Å². The summed E-state index contributed by atoms with van der Waals surface area (Å²) < 4.78 is 0. The molecule has 104 valence electrons. The fraction of sp³-hybridized carbons (Fsp3) is 0.933. The Hall–Kier alpha value is -0.570. The SMILES string of the molecule is CCC1(C(=O)NC2CCCCCCC2)CCNC1. The molecule has 1 atom stereocenters. The van der Waals surface area contributed by atoms with Gasteiger partial charge in [-0.1, -0.05) is 39.0 Å². The van der Waals surface area contributed by atoms with Gasteiger partial charge in [0.25, 0.3) is 0 Å². The van der Waals surface area contributed by atoms with E-state index >= 15 is 0 Å². The van der Waals surface area contributed by atoms with E-state index in [9.17, 15) is 4.79 Å². The third-order valence-electron chi connectivity index (χ3n) is 4.84. The molecule has 0 aromatic heterocycles. The number of carbonyl (C=O) groups excluding carboxylic acids is 1. The van der Waals surface area contributed by atoms with Crippen LogP contribution >= 0.6 is 0 Å². The van der Waals surface area contributed by atoms with Crippen LogP contribution in [0, 0.1) is 5.41 Å². The normalized spacial score (nSPS) is 30.7. The van der Waals surface area contributed by atoms with Crippen molar-refractivity contribution >= 4 is 5.91 Å². The van der Waals surface area contributed by atoms with Crippen molar-refractivity contribution in [2.75, 3.05) is 13.1 Å². The summed E-state index contributed by atoms with van der Waals surface area (Å²) >= 11 is 0. The molecule has 1 saturated carbocycles. The predicted molar refractivity (Wildman–Crippen MR) is 74.5 cm³/mol. The van der Waals surface area contributed by atoms with Crippen molar-refractivity contribution in [3.05, 3.63) is 0 Å². The number of hydrogen-bond acceptors (Lipinski definition) is 2. The molecule has 1 unspecified atom stereocenters. The van der Waals surface area contributed by atoms with Gasteiger partial charge >= 0.3 is 0 Å². The third kappa shape index (κ3) is 3.25. The zero-order valence-corrected chi connectivity index (χ0v) is 11.8. The highest BCUT2D eigenvalue weighted by Gasteiger charge is 2.39. The van der Waals surface area contributed by atoms with E-state index in [0.29, 0.717) is 11.9 Å². The van der Waals surface area contributed by atoms with E-state index in [4.69, 9.17) is 0 Å². The molecule has 0 bridgehead atoms. The number of carbonyl (C=O) groups is 1. The number of amides is 1. The van der Waals surface area contributed by atoms with Crippen molar-refractivity contribution in [3.8, 4) is 0 Å². The first kappa shape index (κ1) is 13.9. The van der Waals surface area contributed by atoms with Crippen molar-refractivity contribution in [1.29, 1.82) is 0 Å². The Kier molecular flexibility index (Phi) is 5.04. The third-order valence-corrected chi connectivity index (χ3v) is 4.84. The van der Waals surface area contributed by atoms with Gasteiger partial charge in [0.05, 0.1) is 5.41 Å². The van der Waals surface area contributed by atoms with Crippen LogP contribution in [0.25, 0.3) is 0 Å². The molecule has 1 aliphatic carbocycles. The average Bonchev–Trinajstić information content (AvgIpc) is 2.82. The van der Waals surface area contributed by atoms with Crippen molar-refractivity contribution in [3.63, 3.8) is 0 Å². The molecule has 0 aromatic rings. The Morgan fingerprint density at radius 3 is 2.44 bits per heavy atom. The minimum absolute atomic E-state index is 0.123. The Morgan fingerprint density at radius 2 is 1.89 bits per heavy atom. The summed E-state index contributed by atoms with van der Waals surface area (Å²) in [7, 11) is 0. The highest BCUT2D eigenvalue weighted by Crippen LogP contribution is 2.30. The molecule has 3 heteroatoms. The lowest BCUT2D eigenvalue weighted by Gasteiger charge is -2.29. The van der Waals surface area contributed by atoms with Gasteiger partial charge in [-0.3, -0.25) is 4.79 Å². The summed E-state index contributed by atoms with van der Waals surface area (Å²) in [4.78, 5) is 12.5. The van der Waals surface area contributed by atoms with E-state index in [1.165, 1.54) is 44.9 Å². The first-order valence-corrected chi connectivity index (χ1v) is 7.78. The second-order valence-electron chi connectivity index (χ2n) is 6.08. The number of nitrogens with one attached hydrogen (secondary N) is 2. The zero-order chi connectivity index (χ0) is 12.8. The standard InChI is InChI=1S/C15H28N2O/c1-2-15(10-11-16-12-15)14(18)17-13-8-6-4-3-5-7-9-13/h13,16H,2-12H2,1H3,(H,17,18). The van der Waals surface area contributed by atoms with Gasteiger partial charge in [0, 0.05) is 12.6 Å². The highest BCUT2D eigenvalue weighted by atomic mass is 16.2. The van der Waals surface area contributed by atoms with Gasteiger partial charge in [-0.2, -0.15) is 0 Å². The molecule has 2 N–H and O–H groups in total. The second-order valence-corrected chi connectivity index (χ2v) is 6.08. The van der Waals surface area contributed by atoms with Gasteiger partial charge in [-0.25, -0.2) is 0 Å². The lowest BCUT2D eigenvalue weighted by molar-refractivity contribution is -0.131. The molecule has 0 aromatic carbocycles. The van der Waals surface area contributed by atoms with Gasteiger partial charge in [0.2, 0.25) is 5.91 Å². The fourth-order valence-electron chi connectivity index (χ4n) is 3.34. The quantitative estimate of drug-likeness (QED) is 0.810. The summed E-state index contributed by atoms with van der Waals surface area (Å²) in [6.07, 6.45) is 10.9. The van der Waals surface area contributed by atoms with Crippen LogP contribution in [0.15, 0.2) is 0 Å². The van der Waals surface area contributed by atoms with Crippen LogP contribution in [0.4, 0.5) is 0 Å². The summed E-state index contributed by atoms with van der Waals surface area (Å²) in [5.74, 6) is 0.306. The Morgan fingerprint density at radius 1 is 1.22 bits per heavy atom. The van der Waals surface area contributed by atoms with Gasteiger partial charge < -0.3 is 10.6 Å². The number of hydrogen-bond donors (Lipinski definition) is 2. The van der Waals surface area contributed by atoms with Gasteiger partial charge in [-0.05, 0) is 32.2 Å². The van der Waals surface area contributed by atoms with E-state index in [0.717, 1.165) is 25.9 Å².